The number of rotatable bonds is 4. The summed E-state index contributed by atoms with van der Waals surface area (Å²) in [7, 11) is 0. The summed E-state index contributed by atoms with van der Waals surface area (Å²) in [6.07, 6.45) is 8.68. The molecule has 0 spiro atoms. The molecule has 3 fully saturated rings. The largest absolute Gasteiger partial charge is 0.298 e. The number of piperazine rings is 1. The highest BCUT2D eigenvalue weighted by atomic mass is 15.3. The minimum absolute atomic E-state index is 0.834. The molecule has 3 aliphatic rings. The molecule has 1 aliphatic carbocycles. The van der Waals surface area contributed by atoms with E-state index >= 15 is 0 Å². The second kappa shape index (κ2) is 5.50. The number of hydrogen-bond donors (Lipinski definition) is 0. The lowest BCUT2D eigenvalue weighted by Crippen LogP contribution is -2.60. The van der Waals surface area contributed by atoms with Gasteiger partial charge in [-0.3, -0.25) is 9.80 Å². The zero-order valence-electron chi connectivity index (χ0n) is 12.3. The summed E-state index contributed by atoms with van der Waals surface area (Å²) in [5.41, 5.74) is 0. The molecule has 0 aromatic rings. The first-order valence-electron chi connectivity index (χ1n) is 8.26. The molecule has 2 aliphatic heterocycles. The first-order chi connectivity index (χ1) is 8.78. The van der Waals surface area contributed by atoms with Crippen LogP contribution in [0.5, 0.6) is 0 Å². The highest BCUT2D eigenvalue weighted by Crippen LogP contribution is 2.37. The topological polar surface area (TPSA) is 6.48 Å². The van der Waals surface area contributed by atoms with Crippen molar-refractivity contribution in [2.24, 2.45) is 11.8 Å². The molecule has 3 unspecified atom stereocenters. The number of fused-ring (bicyclic) bond motifs is 1. The number of nitrogens with zero attached hydrogens (tertiary/aromatic N) is 2. The van der Waals surface area contributed by atoms with E-state index in [-0.39, 0.29) is 0 Å². The van der Waals surface area contributed by atoms with E-state index in [9.17, 15) is 0 Å². The van der Waals surface area contributed by atoms with Crippen molar-refractivity contribution in [1.29, 1.82) is 0 Å². The Labute approximate surface area is 113 Å². The highest BCUT2D eigenvalue weighted by molar-refractivity contribution is 4.92. The first kappa shape index (κ1) is 12.9. The van der Waals surface area contributed by atoms with Crippen LogP contribution in [-0.4, -0.2) is 48.1 Å². The lowest BCUT2D eigenvalue weighted by atomic mass is 9.94. The van der Waals surface area contributed by atoms with Crippen LogP contribution in [0.1, 0.15) is 52.4 Å². The first-order valence-corrected chi connectivity index (χ1v) is 8.26. The van der Waals surface area contributed by atoms with Crippen molar-refractivity contribution in [2.45, 2.75) is 64.5 Å². The molecule has 2 heterocycles. The molecule has 104 valence electrons. The molecule has 1 saturated carbocycles. The predicted octanol–water partition coefficient (Wildman–Crippen LogP) is 2.98. The third-order valence-corrected chi connectivity index (χ3v) is 5.58. The molecule has 3 atom stereocenters. The maximum absolute atomic E-state index is 2.84. The summed E-state index contributed by atoms with van der Waals surface area (Å²) < 4.78 is 0. The quantitative estimate of drug-likeness (QED) is 0.757. The molecule has 3 rings (SSSR count). The van der Waals surface area contributed by atoms with Crippen LogP contribution in [0.2, 0.25) is 0 Å². The molecule has 0 aromatic carbocycles. The van der Waals surface area contributed by atoms with Crippen molar-refractivity contribution in [1.82, 2.24) is 9.80 Å². The van der Waals surface area contributed by atoms with Crippen LogP contribution in [0.3, 0.4) is 0 Å². The number of hydrogen-bond acceptors (Lipinski definition) is 2. The van der Waals surface area contributed by atoms with Gasteiger partial charge in [-0.1, -0.05) is 20.3 Å². The highest BCUT2D eigenvalue weighted by Gasteiger charge is 2.36. The van der Waals surface area contributed by atoms with Crippen molar-refractivity contribution in [3.8, 4) is 0 Å². The molecule has 0 radical (unpaired) electrons. The molecule has 0 aromatic heterocycles. The Bertz CT molecular complexity index is 274. The third-order valence-electron chi connectivity index (χ3n) is 5.58. The zero-order valence-corrected chi connectivity index (χ0v) is 12.3. The van der Waals surface area contributed by atoms with E-state index in [1.54, 1.807) is 0 Å². The fraction of sp³-hybridized carbons (Fsp3) is 1.00. The SMILES string of the molecule is CCC1CN2CCCCC2CN1CC(C)C1CC1. The normalized spacial score (nSPS) is 36.3. The van der Waals surface area contributed by atoms with E-state index in [2.05, 4.69) is 23.6 Å². The summed E-state index contributed by atoms with van der Waals surface area (Å²) in [5, 5.41) is 0. The Morgan fingerprint density at radius 2 is 1.94 bits per heavy atom. The van der Waals surface area contributed by atoms with Crippen molar-refractivity contribution < 1.29 is 0 Å². The second-order valence-corrected chi connectivity index (χ2v) is 6.98. The van der Waals surface area contributed by atoms with Gasteiger partial charge < -0.3 is 0 Å². The van der Waals surface area contributed by atoms with Crippen LogP contribution >= 0.6 is 0 Å². The lowest BCUT2D eigenvalue weighted by Gasteiger charge is -2.49. The van der Waals surface area contributed by atoms with Crippen LogP contribution in [0, 0.1) is 11.8 Å². The van der Waals surface area contributed by atoms with E-state index in [1.807, 2.05) is 0 Å². The van der Waals surface area contributed by atoms with Crippen molar-refractivity contribution in [2.75, 3.05) is 26.2 Å². The summed E-state index contributed by atoms with van der Waals surface area (Å²) in [6.45, 7) is 10.3. The Morgan fingerprint density at radius 3 is 2.67 bits per heavy atom. The van der Waals surface area contributed by atoms with Gasteiger partial charge in [0.25, 0.3) is 0 Å². The van der Waals surface area contributed by atoms with Gasteiger partial charge in [0.05, 0.1) is 0 Å². The molecule has 2 nitrogen and oxygen atoms in total. The van der Waals surface area contributed by atoms with Gasteiger partial charge in [0.15, 0.2) is 0 Å². The van der Waals surface area contributed by atoms with Gasteiger partial charge in [-0.15, -0.1) is 0 Å². The molecule has 0 bridgehead atoms. The monoisotopic (exact) mass is 250 g/mol. The minimum atomic E-state index is 0.834. The van der Waals surface area contributed by atoms with Gasteiger partial charge in [0.1, 0.15) is 0 Å². The van der Waals surface area contributed by atoms with Gasteiger partial charge in [-0.25, -0.2) is 0 Å². The van der Waals surface area contributed by atoms with Crippen molar-refractivity contribution in [3.63, 3.8) is 0 Å². The molecule has 0 amide bonds. The van der Waals surface area contributed by atoms with Crippen LogP contribution < -0.4 is 0 Å². The summed E-state index contributed by atoms with van der Waals surface area (Å²) in [5.74, 6) is 2.00. The smallest absolute Gasteiger partial charge is 0.0223 e. The van der Waals surface area contributed by atoms with Gasteiger partial charge in [-0.2, -0.15) is 0 Å². The molecular formula is C16H30N2. The predicted molar refractivity (Wildman–Crippen MR) is 76.8 cm³/mol. The lowest BCUT2D eigenvalue weighted by molar-refractivity contribution is -0.000188. The molecular weight excluding hydrogens is 220 g/mol. The molecule has 0 N–H and O–H groups in total. The standard InChI is InChI=1S/C16H30N2/c1-3-15-11-17-9-5-4-6-16(17)12-18(15)10-13(2)14-7-8-14/h13-16H,3-12H2,1-2H3. The van der Waals surface area contributed by atoms with E-state index in [0.29, 0.717) is 0 Å². The van der Waals surface area contributed by atoms with Crippen LogP contribution in [-0.2, 0) is 0 Å². The zero-order chi connectivity index (χ0) is 12.5. The van der Waals surface area contributed by atoms with Crippen molar-refractivity contribution >= 4 is 0 Å². The van der Waals surface area contributed by atoms with E-state index in [4.69, 9.17) is 0 Å². The molecule has 2 saturated heterocycles. The fourth-order valence-corrected chi connectivity index (χ4v) is 4.11. The Hall–Kier alpha value is -0.0800. The van der Waals surface area contributed by atoms with Crippen LogP contribution in [0.4, 0.5) is 0 Å². The Morgan fingerprint density at radius 1 is 1.11 bits per heavy atom. The van der Waals surface area contributed by atoms with E-state index in [0.717, 1.165) is 23.9 Å². The molecule has 2 heteroatoms. The second-order valence-electron chi connectivity index (χ2n) is 6.98. The van der Waals surface area contributed by atoms with Crippen molar-refractivity contribution in [3.05, 3.63) is 0 Å². The van der Waals surface area contributed by atoms with E-state index in [1.165, 1.54) is 64.7 Å². The van der Waals surface area contributed by atoms with Gasteiger partial charge in [0, 0.05) is 31.7 Å². The average molecular weight is 250 g/mol. The van der Waals surface area contributed by atoms with Crippen LogP contribution in [0.15, 0.2) is 0 Å². The minimum Gasteiger partial charge on any atom is -0.298 e. The maximum Gasteiger partial charge on any atom is 0.0223 e. The number of piperidine rings is 1. The Balaban J connectivity index is 1.60. The van der Waals surface area contributed by atoms with Gasteiger partial charge in [-0.05, 0) is 50.5 Å². The third kappa shape index (κ3) is 2.75. The van der Waals surface area contributed by atoms with Gasteiger partial charge in [0.2, 0.25) is 0 Å². The summed E-state index contributed by atoms with van der Waals surface area (Å²) in [6, 6.07) is 1.72. The Kier molecular flexibility index (Phi) is 3.95. The summed E-state index contributed by atoms with van der Waals surface area (Å²) >= 11 is 0. The fourth-order valence-electron chi connectivity index (χ4n) is 4.11. The summed E-state index contributed by atoms with van der Waals surface area (Å²) in [4.78, 5) is 5.63. The molecule has 18 heavy (non-hydrogen) atoms. The maximum atomic E-state index is 2.84. The van der Waals surface area contributed by atoms with Crippen LogP contribution in [0.25, 0.3) is 0 Å². The van der Waals surface area contributed by atoms with Gasteiger partial charge >= 0.3 is 0 Å². The van der Waals surface area contributed by atoms with E-state index < -0.39 is 0 Å². The average Bonchev–Trinajstić information content (AvgIpc) is 3.22.